The first-order valence-corrected chi connectivity index (χ1v) is 13.9. The highest BCUT2D eigenvalue weighted by Crippen LogP contribution is 2.36. The summed E-state index contributed by atoms with van der Waals surface area (Å²) < 4.78 is 3.91. The van der Waals surface area contributed by atoms with Crippen LogP contribution in [0.1, 0.15) is 39.6 Å². The predicted molar refractivity (Wildman–Crippen MR) is 160 cm³/mol. The van der Waals surface area contributed by atoms with E-state index in [-0.39, 0.29) is 11.9 Å². The largest absolute Gasteiger partial charge is 0.383 e. The number of benzene rings is 1. The second-order valence-electron chi connectivity index (χ2n) is 10.5. The molecule has 1 amide bonds. The van der Waals surface area contributed by atoms with Gasteiger partial charge in [0, 0.05) is 30.0 Å². The van der Waals surface area contributed by atoms with E-state index in [1.54, 1.807) is 24.8 Å². The average molecular weight is 568 g/mol. The number of aromatic nitrogens is 9. The first-order chi connectivity index (χ1) is 21.0. The topological polar surface area (TPSA) is 147 Å². The minimum atomic E-state index is -0.115. The van der Waals surface area contributed by atoms with Gasteiger partial charge in [0.1, 0.15) is 17.0 Å². The molecule has 43 heavy (non-hydrogen) atoms. The number of nitrogens with zero attached hydrogens (tertiary/aromatic N) is 9. The van der Waals surface area contributed by atoms with E-state index >= 15 is 0 Å². The summed E-state index contributed by atoms with van der Waals surface area (Å²) in [6.07, 6.45) is 10.1. The standard InChI is InChI=1S/C31H25N11O/c1-18-16-34-26-10-5-20(17-40(18)26)31(43)38-24-8-4-19-15-21(6-7-22(19)24)41-29(23-3-2-12-33-28(23)32)37-25-9-11-27(39-30(25)41)42-35-13-14-36-42/h2-3,5-7,9-17,24H,4,8H2,1H3,(H2,32,33)(H,38,43)/t24-/m0/s1. The number of hydrogen-bond donors (Lipinski definition) is 2. The lowest BCUT2D eigenvalue weighted by atomic mass is 10.1. The Labute approximate surface area is 244 Å². The van der Waals surface area contributed by atoms with Crippen molar-refractivity contribution in [3.63, 3.8) is 0 Å². The van der Waals surface area contributed by atoms with E-state index in [0.717, 1.165) is 41.0 Å². The van der Waals surface area contributed by atoms with Gasteiger partial charge in [-0.1, -0.05) is 6.07 Å². The molecule has 1 aliphatic rings. The Kier molecular flexibility index (Phi) is 5.54. The molecule has 12 heteroatoms. The van der Waals surface area contributed by atoms with Crippen LogP contribution in [0.15, 0.2) is 85.6 Å². The molecule has 8 rings (SSSR count). The Balaban J connectivity index is 1.18. The van der Waals surface area contributed by atoms with E-state index < -0.39 is 0 Å². The van der Waals surface area contributed by atoms with Gasteiger partial charge in [-0.05, 0) is 79.4 Å². The normalized spacial score (nSPS) is 14.4. The lowest BCUT2D eigenvalue weighted by molar-refractivity contribution is 0.0936. The van der Waals surface area contributed by atoms with Gasteiger partial charge in [-0.25, -0.2) is 19.9 Å². The van der Waals surface area contributed by atoms with Crippen LogP contribution < -0.4 is 11.1 Å². The van der Waals surface area contributed by atoms with Crippen molar-refractivity contribution in [2.75, 3.05) is 5.73 Å². The summed E-state index contributed by atoms with van der Waals surface area (Å²) in [4.78, 5) is 33.2. The number of nitrogens with one attached hydrogen (secondary N) is 1. The molecule has 12 nitrogen and oxygen atoms in total. The zero-order valence-corrected chi connectivity index (χ0v) is 23.1. The molecular weight excluding hydrogens is 542 g/mol. The number of imidazole rings is 2. The Morgan fingerprint density at radius 2 is 1.88 bits per heavy atom. The maximum atomic E-state index is 13.3. The summed E-state index contributed by atoms with van der Waals surface area (Å²) in [5.41, 5.74) is 13.9. The summed E-state index contributed by atoms with van der Waals surface area (Å²) >= 11 is 0. The number of nitrogens with two attached hydrogens (primary N) is 1. The number of nitrogen functional groups attached to an aromatic ring is 1. The molecule has 6 aromatic heterocycles. The number of carbonyl (C=O) groups is 1. The zero-order chi connectivity index (χ0) is 29.1. The second kappa shape index (κ2) is 9.58. The molecule has 210 valence electrons. The Hall–Kier alpha value is -5.91. The summed E-state index contributed by atoms with van der Waals surface area (Å²) in [6, 6.07) is 17.3. The first kappa shape index (κ1) is 24.9. The Morgan fingerprint density at radius 1 is 1.00 bits per heavy atom. The highest BCUT2D eigenvalue weighted by atomic mass is 16.1. The third-order valence-corrected chi connectivity index (χ3v) is 7.91. The highest BCUT2D eigenvalue weighted by molar-refractivity contribution is 5.94. The van der Waals surface area contributed by atoms with Crippen LogP contribution in [0, 0.1) is 6.92 Å². The molecule has 3 N–H and O–H groups in total. The molecule has 1 aliphatic carbocycles. The van der Waals surface area contributed by atoms with Gasteiger partial charge in [-0.2, -0.15) is 10.2 Å². The van der Waals surface area contributed by atoms with Crippen molar-refractivity contribution in [3.05, 3.63) is 108 Å². The van der Waals surface area contributed by atoms with Gasteiger partial charge in [0.2, 0.25) is 0 Å². The maximum absolute atomic E-state index is 13.3. The van der Waals surface area contributed by atoms with Crippen molar-refractivity contribution in [1.29, 1.82) is 0 Å². The van der Waals surface area contributed by atoms with E-state index in [0.29, 0.717) is 39.8 Å². The van der Waals surface area contributed by atoms with E-state index in [9.17, 15) is 4.79 Å². The van der Waals surface area contributed by atoms with Crippen LogP contribution in [0.3, 0.4) is 0 Å². The summed E-state index contributed by atoms with van der Waals surface area (Å²) in [5, 5.41) is 11.7. The number of pyridine rings is 3. The third kappa shape index (κ3) is 4.10. The number of amides is 1. The quantitative estimate of drug-likeness (QED) is 0.317. The molecule has 0 saturated carbocycles. The van der Waals surface area contributed by atoms with Crippen LogP contribution in [0.4, 0.5) is 5.82 Å². The minimum Gasteiger partial charge on any atom is -0.383 e. The van der Waals surface area contributed by atoms with Gasteiger partial charge in [0.05, 0.1) is 29.6 Å². The van der Waals surface area contributed by atoms with Gasteiger partial charge in [-0.3, -0.25) is 9.36 Å². The van der Waals surface area contributed by atoms with Gasteiger partial charge in [-0.15, -0.1) is 4.80 Å². The third-order valence-electron chi connectivity index (χ3n) is 7.91. The monoisotopic (exact) mass is 567 g/mol. The van der Waals surface area contributed by atoms with Crippen LogP contribution in [0.5, 0.6) is 0 Å². The lowest BCUT2D eigenvalue weighted by Gasteiger charge is -2.16. The number of fused-ring (bicyclic) bond motifs is 3. The molecule has 0 unspecified atom stereocenters. The van der Waals surface area contributed by atoms with E-state index in [1.165, 1.54) is 4.80 Å². The van der Waals surface area contributed by atoms with Crippen molar-refractivity contribution >= 4 is 28.5 Å². The van der Waals surface area contributed by atoms with Crippen LogP contribution in [-0.4, -0.2) is 49.8 Å². The fourth-order valence-corrected chi connectivity index (χ4v) is 5.80. The molecule has 1 aromatic carbocycles. The van der Waals surface area contributed by atoms with Crippen molar-refractivity contribution < 1.29 is 4.79 Å². The molecule has 0 saturated heterocycles. The van der Waals surface area contributed by atoms with Crippen molar-refractivity contribution in [3.8, 4) is 22.9 Å². The van der Waals surface area contributed by atoms with Gasteiger partial charge in [0.15, 0.2) is 17.3 Å². The Morgan fingerprint density at radius 3 is 2.74 bits per heavy atom. The van der Waals surface area contributed by atoms with Crippen LogP contribution in [-0.2, 0) is 6.42 Å². The van der Waals surface area contributed by atoms with E-state index in [4.69, 9.17) is 15.7 Å². The van der Waals surface area contributed by atoms with Gasteiger partial charge < -0.3 is 15.5 Å². The average Bonchev–Trinajstić information content (AvgIpc) is 3.83. The number of aryl methyl sites for hydroxylation is 2. The molecule has 0 spiro atoms. The summed E-state index contributed by atoms with van der Waals surface area (Å²) in [6.45, 7) is 1.97. The minimum absolute atomic E-state index is 0.0975. The lowest BCUT2D eigenvalue weighted by Crippen LogP contribution is -2.27. The van der Waals surface area contributed by atoms with Crippen molar-refractivity contribution in [2.24, 2.45) is 0 Å². The summed E-state index contributed by atoms with van der Waals surface area (Å²) in [5.74, 6) is 1.46. The number of anilines is 1. The first-order valence-electron chi connectivity index (χ1n) is 13.9. The molecule has 1 atom stereocenters. The molecule has 0 radical (unpaired) electrons. The van der Waals surface area contributed by atoms with Crippen LogP contribution in [0.25, 0.3) is 39.7 Å². The molecular formula is C31H25N11O. The second-order valence-corrected chi connectivity index (χ2v) is 10.5. The number of rotatable bonds is 5. The van der Waals surface area contributed by atoms with Crippen molar-refractivity contribution in [1.82, 2.24) is 49.2 Å². The molecule has 0 aliphatic heterocycles. The smallest absolute Gasteiger partial charge is 0.253 e. The highest BCUT2D eigenvalue weighted by Gasteiger charge is 2.26. The van der Waals surface area contributed by atoms with Gasteiger partial charge >= 0.3 is 0 Å². The SMILES string of the molecule is Cc1cnc2ccc(C(=O)N[C@H]3CCc4cc(-n5c(-c6cccnc6N)nc6ccc(-n7nccn7)nc65)ccc43)cn12. The van der Waals surface area contributed by atoms with E-state index in [2.05, 4.69) is 37.6 Å². The molecule has 7 aromatic rings. The van der Waals surface area contributed by atoms with Crippen LogP contribution >= 0.6 is 0 Å². The fourth-order valence-electron chi connectivity index (χ4n) is 5.80. The number of carbonyl (C=O) groups excluding carboxylic acids is 1. The molecule has 0 bridgehead atoms. The van der Waals surface area contributed by atoms with Gasteiger partial charge in [0.25, 0.3) is 5.91 Å². The molecule has 6 heterocycles. The fraction of sp³-hybridized carbons (Fsp3) is 0.129. The van der Waals surface area contributed by atoms with Crippen LogP contribution in [0.2, 0.25) is 0 Å². The Bertz CT molecular complexity index is 2180. The molecule has 0 fully saturated rings. The van der Waals surface area contributed by atoms with Crippen molar-refractivity contribution in [2.45, 2.75) is 25.8 Å². The predicted octanol–water partition coefficient (Wildman–Crippen LogP) is 4.02. The maximum Gasteiger partial charge on any atom is 0.253 e. The number of hydrogen-bond acceptors (Lipinski definition) is 8. The zero-order valence-electron chi connectivity index (χ0n) is 23.1. The van der Waals surface area contributed by atoms with E-state index in [1.807, 2.05) is 64.6 Å². The summed E-state index contributed by atoms with van der Waals surface area (Å²) in [7, 11) is 0.